The highest BCUT2D eigenvalue weighted by molar-refractivity contribution is 6.74. The average Bonchev–Trinajstić information content (AvgIpc) is 2.70. The molecule has 0 aromatic heterocycles. The van der Waals surface area contributed by atoms with Crippen LogP contribution in [0.3, 0.4) is 0 Å². The Morgan fingerprint density at radius 1 is 1.33 bits per heavy atom. The molecular formula is C14H26O3Si. The number of hydrogen-bond acceptors (Lipinski definition) is 3. The van der Waals surface area contributed by atoms with Crippen LogP contribution in [0.4, 0.5) is 0 Å². The molecule has 0 spiro atoms. The molecule has 1 heterocycles. The van der Waals surface area contributed by atoms with Crippen LogP contribution in [0.15, 0.2) is 0 Å². The van der Waals surface area contributed by atoms with Crippen molar-refractivity contribution in [1.29, 1.82) is 0 Å². The van der Waals surface area contributed by atoms with Crippen LogP contribution in [0.25, 0.3) is 0 Å². The third-order valence-electron chi connectivity index (χ3n) is 3.86. The highest BCUT2D eigenvalue weighted by Gasteiger charge is 2.38. The van der Waals surface area contributed by atoms with E-state index < -0.39 is 8.32 Å². The standard InChI is InChI=1S/C14H26O3Si/c1-7-10-15-13-9-8-12(17-13)11-16-18(5,6)14(2,3)4/h1,12-13H,8-11H2,2-6H3/t12-,13+/m0/s1. The highest BCUT2D eigenvalue weighted by Crippen LogP contribution is 2.37. The van der Waals surface area contributed by atoms with Gasteiger partial charge < -0.3 is 13.9 Å². The van der Waals surface area contributed by atoms with Crippen LogP contribution in [-0.2, 0) is 13.9 Å². The summed E-state index contributed by atoms with van der Waals surface area (Å²) in [6.45, 7) is 12.2. The van der Waals surface area contributed by atoms with Gasteiger partial charge in [-0.1, -0.05) is 26.7 Å². The van der Waals surface area contributed by atoms with Gasteiger partial charge >= 0.3 is 0 Å². The SMILES string of the molecule is C#CCO[C@H]1CC[C@@H](CO[Si](C)(C)C(C)(C)C)O1. The average molecular weight is 270 g/mol. The van der Waals surface area contributed by atoms with E-state index >= 15 is 0 Å². The molecule has 0 N–H and O–H groups in total. The quantitative estimate of drug-likeness (QED) is 0.567. The zero-order valence-electron chi connectivity index (χ0n) is 12.3. The van der Waals surface area contributed by atoms with Crippen LogP contribution in [0, 0.1) is 12.3 Å². The maximum absolute atomic E-state index is 6.15. The van der Waals surface area contributed by atoms with Crippen molar-refractivity contribution >= 4 is 8.32 Å². The second-order valence-electron chi connectivity index (χ2n) is 6.35. The number of ether oxygens (including phenoxy) is 2. The molecule has 0 bridgehead atoms. The Labute approximate surface area is 112 Å². The Morgan fingerprint density at radius 2 is 2.00 bits per heavy atom. The van der Waals surface area contributed by atoms with Crippen LogP contribution in [0.2, 0.25) is 18.1 Å². The Hall–Kier alpha value is -0.343. The molecule has 1 rings (SSSR count). The van der Waals surface area contributed by atoms with Gasteiger partial charge in [0.1, 0.15) is 6.61 Å². The normalized spacial score (nSPS) is 25.1. The lowest BCUT2D eigenvalue weighted by atomic mass is 10.2. The Bertz CT molecular complexity index is 301. The van der Waals surface area contributed by atoms with E-state index in [1.165, 1.54) is 0 Å². The molecule has 1 aliphatic rings. The fourth-order valence-electron chi connectivity index (χ4n) is 1.58. The molecule has 0 unspecified atom stereocenters. The van der Waals surface area contributed by atoms with Gasteiger partial charge in [0.2, 0.25) is 0 Å². The van der Waals surface area contributed by atoms with Gasteiger partial charge in [-0.05, 0) is 24.6 Å². The third-order valence-corrected chi connectivity index (χ3v) is 8.36. The third kappa shape index (κ3) is 4.40. The Morgan fingerprint density at radius 3 is 2.56 bits per heavy atom. The minimum atomic E-state index is -1.67. The van der Waals surface area contributed by atoms with Crippen molar-refractivity contribution in [3.8, 4) is 12.3 Å². The largest absolute Gasteiger partial charge is 0.414 e. The van der Waals surface area contributed by atoms with Crippen LogP contribution in [0.5, 0.6) is 0 Å². The minimum Gasteiger partial charge on any atom is -0.414 e. The summed E-state index contributed by atoms with van der Waals surface area (Å²) in [5.41, 5.74) is 0. The first-order valence-electron chi connectivity index (χ1n) is 6.61. The first-order chi connectivity index (χ1) is 8.26. The number of rotatable bonds is 5. The van der Waals surface area contributed by atoms with Gasteiger partial charge in [0.05, 0.1) is 12.7 Å². The van der Waals surface area contributed by atoms with E-state index in [9.17, 15) is 0 Å². The summed E-state index contributed by atoms with van der Waals surface area (Å²) >= 11 is 0. The van der Waals surface area contributed by atoms with E-state index in [2.05, 4.69) is 39.8 Å². The Balaban J connectivity index is 2.32. The topological polar surface area (TPSA) is 27.7 Å². The van der Waals surface area contributed by atoms with E-state index in [4.69, 9.17) is 20.3 Å². The first-order valence-corrected chi connectivity index (χ1v) is 9.51. The van der Waals surface area contributed by atoms with Gasteiger partial charge in [0.25, 0.3) is 0 Å². The summed E-state index contributed by atoms with van der Waals surface area (Å²) in [6, 6.07) is 0. The fraction of sp³-hybridized carbons (Fsp3) is 0.857. The van der Waals surface area contributed by atoms with Crippen LogP contribution in [-0.4, -0.2) is 33.9 Å². The molecule has 2 atom stereocenters. The minimum absolute atomic E-state index is 0.144. The molecule has 3 nitrogen and oxygen atoms in total. The molecule has 1 fully saturated rings. The van der Waals surface area contributed by atoms with E-state index in [0.717, 1.165) is 12.8 Å². The molecule has 0 radical (unpaired) electrons. The van der Waals surface area contributed by atoms with Crippen LogP contribution >= 0.6 is 0 Å². The summed E-state index contributed by atoms with van der Waals surface area (Å²) in [5.74, 6) is 2.46. The van der Waals surface area contributed by atoms with Crippen molar-refractivity contribution < 1.29 is 13.9 Å². The zero-order chi connectivity index (χ0) is 13.8. The molecule has 0 aliphatic carbocycles. The molecule has 104 valence electrons. The van der Waals surface area contributed by atoms with Gasteiger partial charge in [-0.3, -0.25) is 0 Å². The lowest BCUT2D eigenvalue weighted by Crippen LogP contribution is -2.42. The monoisotopic (exact) mass is 270 g/mol. The summed E-state index contributed by atoms with van der Waals surface area (Å²) in [4.78, 5) is 0. The molecule has 4 heteroatoms. The predicted molar refractivity (Wildman–Crippen MR) is 75.8 cm³/mol. The van der Waals surface area contributed by atoms with E-state index in [1.807, 2.05) is 0 Å². The van der Waals surface area contributed by atoms with E-state index in [-0.39, 0.29) is 17.4 Å². The lowest BCUT2D eigenvalue weighted by molar-refractivity contribution is -0.130. The number of hydrogen-bond donors (Lipinski definition) is 0. The van der Waals surface area contributed by atoms with Crippen molar-refractivity contribution in [2.24, 2.45) is 0 Å². The predicted octanol–water partition coefficient (Wildman–Crippen LogP) is 3.16. The van der Waals surface area contributed by atoms with Crippen molar-refractivity contribution in [1.82, 2.24) is 0 Å². The second kappa shape index (κ2) is 6.20. The van der Waals surface area contributed by atoms with Crippen molar-refractivity contribution in [2.75, 3.05) is 13.2 Å². The molecule has 0 aromatic rings. The van der Waals surface area contributed by atoms with Gasteiger partial charge in [-0.15, -0.1) is 6.42 Å². The molecule has 18 heavy (non-hydrogen) atoms. The molecule has 0 amide bonds. The number of terminal acetylenes is 1. The summed E-state index contributed by atoms with van der Waals surface area (Å²) in [7, 11) is -1.67. The van der Waals surface area contributed by atoms with Crippen LogP contribution in [0.1, 0.15) is 33.6 Å². The molecule has 1 aliphatic heterocycles. The first kappa shape index (κ1) is 15.7. The molecule has 0 saturated carbocycles. The molecule has 0 aromatic carbocycles. The van der Waals surface area contributed by atoms with Gasteiger partial charge in [-0.2, -0.15) is 0 Å². The maximum Gasteiger partial charge on any atom is 0.192 e. The zero-order valence-corrected chi connectivity index (χ0v) is 13.3. The second-order valence-corrected chi connectivity index (χ2v) is 11.2. The summed E-state index contributed by atoms with van der Waals surface area (Å²) in [6.07, 6.45) is 7.07. The summed E-state index contributed by atoms with van der Waals surface area (Å²) in [5, 5.41) is 0.241. The van der Waals surface area contributed by atoms with Crippen molar-refractivity contribution in [3.05, 3.63) is 0 Å². The van der Waals surface area contributed by atoms with Gasteiger partial charge in [-0.25, -0.2) is 0 Å². The fourth-order valence-corrected chi connectivity index (χ4v) is 2.61. The molecule has 1 saturated heterocycles. The van der Waals surface area contributed by atoms with E-state index in [1.54, 1.807) is 0 Å². The van der Waals surface area contributed by atoms with Crippen molar-refractivity contribution in [2.45, 2.75) is 64.1 Å². The summed E-state index contributed by atoms with van der Waals surface area (Å²) < 4.78 is 17.3. The maximum atomic E-state index is 6.15. The smallest absolute Gasteiger partial charge is 0.192 e. The van der Waals surface area contributed by atoms with Crippen LogP contribution < -0.4 is 0 Å². The molecular weight excluding hydrogens is 244 g/mol. The van der Waals surface area contributed by atoms with Gasteiger partial charge in [0, 0.05) is 6.42 Å². The highest BCUT2D eigenvalue weighted by atomic mass is 28.4. The van der Waals surface area contributed by atoms with Crippen molar-refractivity contribution in [3.63, 3.8) is 0 Å². The van der Waals surface area contributed by atoms with Gasteiger partial charge in [0.15, 0.2) is 14.6 Å². The lowest BCUT2D eigenvalue weighted by Gasteiger charge is -2.36. The Kier molecular flexibility index (Phi) is 5.41. The van der Waals surface area contributed by atoms with E-state index in [0.29, 0.717) is 13.2 Å².